The molecular formula is C17H20N2O3S. The van der Waals surface area contributed by atoms with Gasteiger partial charge < -0.3 is 20.1 Å². The van der Waals surface area contributed by atoms with Crippen LogP contribution in [0.3, 0.4) is 0 Å². The summed E-state index contributed by atoms with van der Waals surface area (Å²) in [5.41, 5.74) is 2.29. The van der Waals surface area contributed by atoms with Crippen LogP contribution in [-0.2, 0) is 11.3 Å². The Kier molecular flexibility index (Phi) is 4.83. The number of aryl methyl sites for hydroxylation is 1. The van der Waals surface area contributed by atoms with E-state index >= 15 is 0 Å². The van der Waals surface area contributed by atoms with Gasteiger partial charge in [-0.25, -0.2) is 0 Å². The molecule has 23 heavy (non-hydrogen) atoms. The molecule has 1 aromatic carbocycles. The predicted molar refractivity (Wildman–Crippen MR) is 89.9 cm³/mol. The number of benzene rings is 1. The van der Waals surface area contributed by atoms with Gasteiger partial charge in [-0.15, -0.1) is 11.3 Å². The molecule has 0 unspecified atom stereocenters. The molecule has 1 aromatic heterocycles. The fraction of sp³-hybridized carbons (Fsp3) is 0.353. The zero-order chi connectivity index (χ0) is 16.2. The van der Waals surface area contributed by atoms with Crippen LogP contribution in [0, 0.1) is 6.92 Å². The number of nitrogens with one attached hydrogen (secondary N) is 2. The lowest BCUT2D eigenvalue weighted by Crippen LogP contribution is -2.34. The van der Waals surface area contributed by atoms with Crippen molar-refractivity contribution in [3.05, 3.63) is 45.6 Å². The van der Waals surface area contributed by atoms with Crippen molar-refractivity contribution in [2.75, 3.05) is 13.3 Å². The Morgan fingerprint density at radius 3 is 2.91 bits per heavy atom. The summed E-state index contributed by atoms with van der Waals surface area (Å²) in [6, 6.07) is 7.95. The molecule has 1 atom stereocenters. The first-order valence-electron chi connectivity index (χ1n) is 7.56. The Balaban J connectivity index is 1.47. The van der Waals surface area contributed by atoms with E-state index in [1.165, 1.54) is 10.4 Å². The third-order valence-electron chi connectivity index (χ3n) is 3.88. The van der Waals surface area contributed by atoms with Crippen molar-refractivity contribution in [1.29, 1.82) is 0 Å². The molecule has 1 aliphatic heterocycles. The van der Waals surface area contributed by atoms with Crippen molar-refractivity contribution in [3.8, 4) is 11.5 Å². The Morgan fingerprint density at radius 2 is 2.13 bits per heavy atom. The SMILES string of the molecule is Cc1ccsc1CNC(=O)CN[C@@H](C)c1ccc2c(c1)OCO2. The minimum absolute atomic E-state index is 0.00890. The van der Waals surface area contributed by atoms with Crippen LogP contribution in [-0.4, -0.2) is 19.2 Å². The molecule has 0 fully saturated rings. The molecule has 6 heteroatoms. The smallest absolute Gasteiger partial charge is 0.234 e. The molecule has 2 heterocycles. The summed E-state index contributed by atoms with van der Waals surface area (Å²) in [6.45, 7) is 5.21. The van der Waals surface area contributed by atoms with Crippen molar-refractivity contribution in [1.82, 2.24) is 10.6 Å². The second-order valence-corrected chi connectivity index (χ2v) is 6.52. The molecule has 1 aliphatic rings. The average Bonchev–Trinajstić information content (AvgIpc) is 3.18. The monoisotopic (exact) mass is 332 g/mol. The number of fused-ring (bicyclic) bond motifs is 1. The zero-order valence-corrected chi connectivity index (χ0v) is 14.0. The highest BCUT2D eigenvalue weighted by atomic mass is 32.1. The molecule has 0 radical (unpaired) electrons. The first-order valence-corrected chi connectivity index (χ1v) is 8.44. The molecule has 1 amide bonds. The number of carbonyl (C=O) groups is 1. The summed E-state index contributed by atoms with van der Waals surface area (Å²) in [6.07, 6.45) is 0. The van der Waals surface area contributed by atoms with Gasteiger partial charge in [0.2, 0.25) is 12.7 Å². The molecule has 0 saturated heterocycles. The third kappa shape index (κ3) is 3.83. The van der Waals surface area contributed by atoms with E-state index in [0.29, 0.717) is 6.54 Å². The van der Waals surface area contributed by atoms with Gasteiger partial charge in [0.25, 0.3) is 0 Å². The standard InChI is InChI=1S/C17H20N2O3S/c1-11-5-6-23-16(11)8-19-17(20)9-18-12(2)13-3-4-14-15(7-13)22-10-21-14/h3-7,12,18H,8-10H2,1-2H3,(H,19,20)/t12-/m0/s1. The molecule has 0 bridgehead atoms. The molecule has 5 nitrogen and oxygen atoms in total. The number of amides is 1. The molecule has 0 saturated carbocycles. The summed E-state index contributed by atoms with van der Waals surface area (Å²) >= 11 is 1.66. The summed E-state index contributed by atoms with van der Waals surface area (Å²) in [5.74, 6) is 1.52. The summed E-state index contributed by atoms with van der Waals surface area (Å²) < 4.78 is 10.7. The molecule has 2 aromatic rings. The highest BCUT2D eigenvalue weighted by Crippen LogP contribution is 2.34. The first kappa shape index (κ1) is 15.8. The molecular weight excluding hydrogens is 312 g/mol. The van der Waals surface area contributed by atoms with E-state index in [0.717, 1.165) is 17.1 Å². The van der Waals surface area contributed by atoms with Gasteiger partial charge in [-0.05, 0) is 48.6 Å². The molecule has 3 rings (SSSR count). The van der Waals surface area contributed by atoms with Gasteiger partial charge in [-0.3, -0.25) is 4.79 Å². The topological polar surface area (TPSA) is 59.6 Å². The Bertz CT molecular complexity index is 699. The van der Waals surface area contributed by atoms with E-state index in [9.17, 15) is 4.79 Å². The second-order valence-electron chi connectivity index (χ2n) is 5.52. The Labute approximate surface area is 139 Å². The minimum atomic E-state index is -0.00890. The quantitative estimate of drug-likeness (QED) is 0.854. The maximum atomic E-state index is 12.0. The molecule has 0 aliphatic carbocycles. The van der Waals surface area contributed by atoms with Gasteiger partial charge in [-0.1, -0.05) is 6.07 Å². The van der Waals surface area contributed by atoms with Crippen LogP contribution in [0.1, 0.15) is 29.0 Å². The lowest BCUT2D eigenvalue weighted by Gasteiger charge is -2.14. The number of hydrogen-bond acceptors (Lipinski definition) is 5. The Morgan fingerprint density at radius 1 is 1.30 bits per heavy atom. The van der Waals surface area contributed by atoms with Crippen molar-refractivity contribution in [3.63, 3.8) is 0 Å². The lowest BCUT2D eigenvalue weighted by atomic mass is 10.1. The molecule has 122 valence electrons. The number of ether oxygens (including phenoxy) is 2. The van der Waals surface area contributed by atoms with Crippen molar-refractivity contribution in [2.24, 2.45) is 0 Å². The summed E-state index contributed by atoms with van der Waals surface area (Å²) in [5, 5.41) is 8.21. The number of thiophene rings is 1. The largest absolute Gasteiger partial charge is 0.454 e. The van der Waals surface area contributed by atoms with Crippen molar-refractivity contribution >= 4 is 17.2 Å². The van der Waals surface area contributed by atoms with E-state index < -0.39 is 0 Å². The van der Waals surface area contributed by atoms with E-state index in [1.54, 1.807) is 11.3 Å². The van der Waals surface area contributed by atoms with Crippen LogP contribution >= 0.6 is 11.3 Å². The summed E-state index contributed by atoms with van der Waals surface area (Å²) in [7, 11) is 0. The normalized spacial score (nSPS) is 13.8. The number of carbonyl (C=O) groups excluding carboxylic acids is 1. The maximum Gasteiger partial charge on any atom is 0.234 e. The first-order chi connectivity index (χ1) is 11.1. The van der Waals surface area contributed by atoms with Crippen LogP contribution in [0.2, 0.25) is 0 Å². The van der Waals surface area contributed by atoms with Gasteiger partial charge in [0.05, 0.1) is 13.1 Å². The molecule has 0 spiro atoms. The Hall–Kier alpha value is -2.05. The highest BCUT2D eigenvalue weighted by molar-refractivity contribution is 7.10. The molecule has 2 N–H and O–H groups in total. The van der Waals surface area contributed by atoms with Crippen molar-refractivity contribution < 1.29 is 14.3 Å². The third-order valence-corrected chi connectivity index (χ3v) is 4.90. The fourth-order valence-corrected chi connectivity index (χ4v) is 3.22. The van der Waals surface area contributed by atoms with E-state index in [2.05, 4.69) is 23.6 Å². The van der Waals surface area contributed by atoms with E-state index in [-0.39, 0.29) is 25.3 Å². The minimum Gasteiger partial charge on any atom is -0.454 e. The van der Waals surface area contributed by atoms with E-state index in [4.69, 9.17) is 9.47 Å². The average molecular weight is 332 g/mol. The zero-order valence-electron chi connectivity index (χ0n) is 13.2. The van der Waals surface area contributed by atoms with Crippen molar-refractivity contribution in [2.45, 2.75) is 26.4 Å². The van der Waals surface area contributed by atoms with Crippen LogP contribution in [0.5, 0.6) is 11.5 Å². The maximum absolute atomic E-state index is 12.0. The van der Waals surface area contributed by atoms with Crippen LogP contribution in [0.25, 0.3) is 0 Å². The van der Waals surface area contributed by atoms with Gasteiger partial charge in [0.15, 0.2) is 11.5 Å². The van der Waals surface area contributed by atoms with E-state index in [1.807, 2.05) is 30.5 Å². The van der Waals surface area contributed by atoms with Gasteiger partial charge in [-0.2, -0.15) is 0 Å². The summed E-state index contributed by atoms with van der Waals surface area (Å²) in [4.78, 5) is 13.2. The highest BCUT2D eigenvalue weighted by Gasteiger charge is 2.16. The number of hydrogen-bond donors (Lipinski definition) is 2. The number of rotatable bonds is 6. The van der Waals surface area contributed by atoms with Crippen LogP contribution < -0.4 is 20.1 Å². The predicted octanol–water partition coefficient (Wildman–Crippen LogP) is 2.75. The van der Waals surface area contributed by atoms with Crippen LogP contribution in [0.4, 0.5) is 0 Å². The van der Waals surface area contributed by atoms with Gasteiger partial charge in [0, 0.05) is 10.9 Å². The lowest BCUT2D eigenvalue weighted by molar-refractivity contribution is -0.120. The fourth-order valence-electron chi connectivity index (χ4n) is 2.37. The van der Waals surface area contributed by atoms with Crippen LogP contribution in [0.15, 0.2) is 29.6 Å². The van der Waals surface area contributed by atoms with Gasteiger partial charge >= 0.3 is 0 Å². The van der Waals surface area contributed by atoms with Gasteiger partial charge in [0.1, 0.15) is 0 Å². The second kappa shape index (κ2) is 7.02.